The van der Waals surface area contributed by atoms with Crippen molar-refractivity contribution in [1.82, 2.24) is 4.90 Å². The molecule has 0 saturated carbocycles. The highest BCUT2D eigenvalue weighted by Crippen LogP contribution is 2.27. The first-order valence-electron chi connectivity index (χ1n) is 10.1. The van der Waals surface area contributed by atoms with E-state index < -0.39 is 10.0 Å². The van der Waals surface area contributed by atoms with Crippen molar-refractivity contribution in [1.29, 1.82) is 0 Å². The van der Waals surface area contributed by atoms with Crippen LogP contribution in [0.2, 0.25) is 0 Å². The van der Waals surface area contributed by atoms with E-state index >= 15 is 0 Å². The summed E-state index contributed by atoms with van der Waals surface area (Å²) in [5.74, 6) is 0.456. The molecule has 0 aliphatic carbocycles. The molecule has 5 nitrogen and oxygen atoms in total. The zero-order valence-corrected chi connectivity index (χ0v) is 18.5. The third kappa shape index (κ3) is 4.99. The average molecular weight is 415 g/mol. The summed E-state index contributed by atoms with van der Waals surface area (Å²) >= 11 is 0. The molecule has 0 atom stereocenters. The lowest BCUT2D eigenvalue weighted by Gasteiger charge is -2.33. The van der Waals surface area contributed by atoms with Gasteiger partial charge in [0.25, 0.3) is 10.0 Å². The molecule has 1 heterocycles. The molecule has 6 heteroatoms. The fourth-order valence-electron chi connectivity index (χ4n) is 3.73. The van der Waals surface area contributed by atoms with Crippen LogP contribution in [-0.2, 0) is 14.8 Å². The maximum Gasteiger partial charge on any atom is 0.264 e. The molecule has 1 aliphatic heterocycles. The summed E-state index contributed by atoms with van der Waals surface area (Å²) in [7, 11) is -3.86. The average Bonchev–Trinajstić information content (AvgIpc) is 2.66. The Bertz CT molecular complexity index is 955. The van der Waals surface area contributed by atoms with Crippen LogP contribution in [0.1, 0.15) is 36.5 Å². The smallest absolute Gasteiger partial charge is 0.264 e. The number of amides is 1. The van der Waals surface area contributed by atoms with E-state index in [9.17, 15) is 13.2 Å². The minimum atomic E-state index is -3.86. The van der Waals surface area contributed by atoms with Gasteiger partial charge in [-0.15, -0.1) is 0 Å². The normalized spacial score (nSPS) is 15.4. The van der Waals surface area contributed by atoms with E-state index in [4.69, 9.17) is 0 Å². The molecule has 1 amide bonds. The lowest BCUT2D eigenvalue weighted by atomic mass is 9.99. The number of nitrogens with zero attached hydrogens (tertiary/aromatic N) is 2. The lowest BCUT2D eigenvalue weighted by molar-refractivity contribution is -0.130. The third-order valence-corrected chi connectivity index (χ3v) is 7.31. The Balaban J connectivity index is 1.97. The molecular weight excluding hydrogens is 384 g/mol. The van der Waals surface area contributed by atoms with Crippen LogP contribution in [0.3, 0.4) is 0 Å². The molecule has 0 aromatic heterocycles. The first-order chi connectivity index (χ1) is 13.7. The van der Waals surface area contributed by atoms with Crippen LogP contribution in [0.15, 0.2) is 47.4 Å². The van der Waals surface area contributed by atoms with Crippen molar-refractivity contribution >= 4 is 21.6 Å². The highest BCUT2D eigenvalue weighted by molar-refractivity contribution is 7.92. The molecule has 2 aromatic rings. The largest absolute Gasteiger partial charge is 0.341 e. The van der Waals surface area contributed by atoms with E-state index in [-0.39, 0.29) is 17.3 Å². The van der Waals surface area contributed by atoms with Crippen molar-refractivity contribution in [2.24, 2.45) is 5.92 Å². The second kappa shape index (κ2) is 8.57. The monoisotopic (exact) mass is 414 g/mol. The molecule has 29 heavy (non-hydrogen) atoms. The van der Waals surface area contributed by atoms with Crippen molar-refractivity contribution in [3.05, 3.63) is 59.2 Å². The Morgan fingerprint density at radius 1 is 0.966 bits per heavy atom. The number of benzene rings is 2. The minimum absolute atomic E-state index is 0.147. The maximum atomic E-state index is 13.5. The van der Waals surface area contributed by atoms with Crippen LogP contribution in [0.5, 0.6) is 0 Å². The number of anilines is 1. The molecule has 1 saturated heterocycles. The molecule has 2 aromatic carbocycles. The van der Waals surface area contributed by atoms with Crippen molar-refractivity contribution in [2.75, 3.05) is 23.9 Å². The quantitative estimate of drug-likeness (QED) is 0.741. The van der Waals surface area contributed by atoms with Gasteiger partial charge in [-0.1, -0.05) is 30.7 Å². The number of carbonyl (C=O) groups excluding carboxylic acids is 1. The van der Waals surface area contributed by atoms with E-state index in [0.29, 0.717) is 24.7 Å². The highest BCUT2D eigenvalue weighted by atomic mass is 32.2. The van der Waals surface area contributed by atoms with Gasteiger partial charge in [0.2, 0.25) is 5.91 Å². The summed E-state index contributed by atoms with van der Waals surface area (Å²) in [5, 5.41) is 0. The number of rotatable bonds is 5. The first kappa shape index (κ1) is 21.4. The minimum Gasteiger partial charge on any atom is -0.341 e. The number of sulfonamides is 1. The SMILES string of the molecule is Cc1ccc(S(=O)(=O)N(CC(=O)N2CCC(C)CC2)c2cc(C)cc(C)c2)cc1. The van der Waals surface area contributed by atoms with Crippen LogP contribution in [0.4, 0.5) is 5.69 Å². The van der Waals surface area contributed by atoms with Gasteiger partial charge in [0.05, 0.1) is 10.6 Å². The zero-order chi connectivity index (χ0) is 21.2. The zero-order valence-electron chi connectivity index (χ0n) is 17.7. The van der Waals surface area contributed by atoms with Gasteiger partial charge in [-0.05, 0) is 74.9 Å². The van der Waals surface area contributed by atoms with E-state index in [0.717, 1.165) is 29.5 Å². The Kier molecular flexibility index (Phi) is 6.32. The van der Waals surface area contributed by atoms with Gasteiger partial charge in [0.1, 0.15) is 6.54 Å². The predicted octanol–water partition coefficient (Wildman–Crippen LogP) is 4.07. The summed E-state index contributed by atoms with van der Waals surface area (Å²) in [6.45, 7) is 9.15. The molecule has 156 valence electrons. The molecule has 0 unspecified atom stereocenters. The predicted molar refractivity (Wildman–Crippen MR) is 117 cm³/mol. The van der Waals surface area contributed by atoms with Crippen LogP contribution in [0.25, 0.3) is 0 Å². The van der Waals surface area contributed by atoms with Gasteiger partial charge >= 0.3 is 0 Å². The molecule has 0 N–H and O–H groups in total. The first-order valence-corrected chi connectivity index (χ1v) is 11.6. The second-order valence-electron chi connectivity index (χ2n) is 8.23. The molecule has 0 spiro atoms. The molecule has 1 aliphatic rings. The summed E-state index contributed by atoms with van der Waals surface area (Å²) < 4.78 is 28.2. The molecule has 0 radical (unpaired) electrons. The van der Waals surface area contributed by atoms with E-state index in [1.165, 1.54) is 4.31 Å². The van der Waals surface area contributed by atoms with Crippen LogP contribution in [-0.4, -0.2) is 38.9 Å². The van der Waals surface area contributed by atoms with Gasteiger partial charge in [-0.25, -0.2) is 8.42 Å². The highest BCUT2D eigenvalue weighted by Gasteiger charge is 2.30. The van der Waals surface area contributed by atoms with Crippen molar-refractivity contribution in [3.8, 4) is 0 Å². The maximum absolute atomic E-state index is 13.5. The Morgan fingerprint density at radius 2 is 1.52 bits per heavy atom. The topological polar surface area (TPSA) is 57.7 Å². The Labute approximate surface area is 174 Å². The van der Waals surface area contributed by atoms with E-state index in [2.05, 4.69) is 6.92 Å². The third-order valence-electron chi connectivity index (χ3n) is 5.52. The molecule has 1 fully saturated rings. The molecular formula is C23H30N2O3S. The van der Waals surface area contributed by atoms with Gasteiger partial charge < -0.3 is 4.90 Å². The van der Waals surface area contributed by atoms with Crippen LogP contribution < -0.4 is 4.31 Å². The number of hydrogen-bond donors (Lipinski definition) is 0. The number of likely N-dealkylation sites (tertiary alicyclic amines) is 1. The van der Waals surface area contributed by atoms with Crippen molar-refractivity contribution < 1.29 is 13.2 Å². The van der Waals surface area contributed by atoms with Gasteiger partial charge in [0, 0.05) is 13.1 Å². The lowest BCUT2D eigenvalue weighted by Crippen LogP contribution is -2.45. The fraction of sp³-hybridized carbons (Fsp3) is 0.435. The standard InChI is InChI=1S/C23H30N2O3S/c1-17-5-7-22(8-6-17)29(27,28)25(21-14-19(3)13-20(4)15-21)16-23(26)24-11-9-18(2)10-12-24/h5-8,13-15,18H,9-12,16H2,1-4H3. The van der Waals surface area contributed by atoms with Gasteiger partial charge in [-0.2, -0.15) is 0 Å². The molecule has 0 bridgehead atoms. The fourth-order valence-corrected chi connectivity index (χ4v) is 5.13. The van der Waals surface area contributed by atoms with E-state index in [1.807, 2.05) is 39.0 Å². The number of carbonyl (C=O) groups is 1. The Hall–Kier alpha value is -2.34. The molecule has 3 rings (SSSR count). The summed E-state index contributed by atoms with van der Waals surface area (Å²) in [4.78, 5) is 15.0. The van der Waals surface area contributed by atoms with Crippen molar-refractivity contribution in [3.63, 3.8) is 0 Å². The number of aryl methyl sites for hydroxylation is 3. The van der Waals surface area contributed by atoms with E-state index in [1.54, 1.807) is 29.2 Å². The second-order valence-corrected chi connectivity index (χ2v) is 10.1. The van der Waals surface area contributed by atoms with Gasteiger partial charge in [0.15, 0.2) is 0 Å². The summed E-state index contributed by atoms with van der Waals surface area (Å²) in [6, 6.07) is 12.4. The van der Waals surface area contributed by atoms with Crippen LogP contribution in [0, 0.1) is 26.7 Å². The van der Waals surface area contributed by atoms with Crippen LogP contribution >= 0.6 is 0 Å². The van der Waals surface area contributed by atoms with Gasteiger partial charge in [-0.3, -0.25) is 9.10 Å². The summed E-state index contributed by atoms with van der Waals surface area (Å²) in [6.07, 6.45) is 1.92. The number of hydrogen-bond acceptors (Lipinski definition) is 3. The Morgan fingerprint density at radius 3 is 2.07 bits per heavy atom. The van der Waals surface area contributed by atoms with Crippen molar-refractivity contribution in [2.45, 2.75) is 45.4 Å². The number of piperidine rings is 1. The summed E-state index contributed by atoms with van der Waals surface area (Å²) in [5.41, 5.74) is 3.44.